The van der Waals surface area contributed by atoms with Crippen molar-refractivity contribution in [1.29, 1.82) is 0 Å². The molecule has 3 nitrogen and oxygen atoms in total. The van der Waals surface area contributed by atoms with Gasteiger partial charge in [0.05, 0.1) is 0 Å². The highest BCUT2D eigenvalue weighted by Gasteiger charge is 2.41. The summed E-state index contributed by atoms with van der Waals surface area (Å²) in [6.45, 7) is 2.16. The van der Waals surface area contributed by atoms with Crippen LogP contribution in [0.4, 0.5) is 0 Å². The zero-order valence-electron chi connectivity index (χ0n) is 12.6. The molecule has 1 aromatic rings. The molecular formula is C17H25N3. The molecule has 0 saturated carbocycles. The summed E-state index contributed by atoms with van der Waals surface area (Å²) in [6, 6.07) is 11.4. The molecule has 108 valence electrons. The fraction of sp³-hybridized carbons (Fsp3) is 0.588. The zero-order valence-corrected chi connectivity index (χ0v) is 12.6. The number of hydrogen-bond acceptors (Lipinski definition) is 3. The lowest BCUT2D eigenvalue weighted by molar-refractivity contribution is 0.149. The van der Waals surface area contributed by atoms with Crippen molar-refractivity contribution < 1.29 is 0 Å². The molecular weight excluding hydrogens is 246 g/mol. The number of nitrogens with zero attached hydrogens (tertiary/aromatic N) is 3. The van der Waals surface area contributed by atoms with Crippen LogP contribution in [0.15, 0.2) is 35.3 Å². The first-order valence-corrected chi connectivity index (χ1v) is 7.70. The Kier molecular flexibility index (Phi) is 4.18. The van der Waals surface area contributed by atoms with Gasteiger partial charge in [-0.2, -0.15) is 0 Å². The van der Waals surface area contributed by atoms with Gasteiger partial charge >= 0.3 is 0 Å². The van der Waals surface area contributed by atoms with E-state index < -0.39 is 0 Å². The summed E-state index contributed by atoms with van der Waals surface area (Å²) >= 11 is 0. The monoisotopic (exact) mass is 271 g/mol. The summed E-state index contributed by atoms with van der Waals surface area (Å²) < 4.78 is 0. The molecule has 0 spiro atoms. The van der Waals surface area contributed by atoms with Crippen LogP contribution in [0.1, 0.15) is 24.8 Å². The average molecular weight is 271 g/mol. The van der Waals surface area contributed by atoms with E-state index in [1.165, 1.54) is 18.4 Å². The van der Waals surface area contributed by atoms with Gasteiger partial charge < -0.3 is 4.90 Å². The Morgan fingerprint density at radius 2 is 2.05 bits per heavy atom. The number of aliphatic imine (C=N–C) groups is 1. The van der Waals surface area contributed by atoms with Gasteiger partial charge in [-0.25, -0.2) is 0 Å². The molecule has 3 unspecified atom stereocenters. The quantitative estimate of drug-likeness (QED) is 0.838. The Labute approximate surface area is 122 Å². The summed E-state index contributed by atoms with van der Waals surface area (Å²) in [7, 11) is 4.35. The van der Waals surface area contributed by atoms with Crippen LogP contribution in [0.2, 0.25) is 0 Å². The average Bonchev–Trinajstić information content (AvgIpc) is 2.77. The number of likely N-dealkylation sites (N-methyl/N-ethyl adjacent to an activating group) is 1. The van der Waals surface area contributed by atoms with E-state index in [4.69, 9.17) is 4.99 Å². The number of benzene rings is 1. The highest BCUT2D eigenvalue weighted by molar-refractivity contribution is 5.58. The standard InChI is InChI=1S/C17H25N3/c1-19(2)13-16-11-15-9-6-10-18-17(15)20(16)12-14-7-4-3-5-8-14/h3-5,7-8,10,15-17H,6,9,11-13H2,1-2H3. The van der Waals surface area contributed by atoms with Gasteiger partial charge in [0, 0.05) is 25.3 Å². The molecule has 1 fully saturated rings. The molecule has 3 rings (SSSR count). The van der Waals surface area contributed by atoms with E-state index in [2.05, 4.69) is 60.4 Å². The van der Waals surface area contributed by atoms with Crippen molar-refractivity contribution in [3.05, 3.63) is 35.9 Å². The van der Waals surface area contributed by atoms with Crippen LogP contribution in [0.5, 0.6) is 0 Å². The molecule has 0 N–H and O–H groups in total. The summed E-state index contributed by atoms with van der Waals surface area (Å²) in [5, 5.41) is 0. The second kappa shape index (κ2) is 6.06. The third kappa shape index (κ3) is 2.94. The van der Waals surface area contributed by atoms with E-state index in [1.54, 1.807) is 0 Å². The van der Waals surface area contributed by atoms with Crippen LogP contribution >= 0.6 is 0 Å². The van der Waals surface area contributed by atoms with Crippen molar-refractivity contribution in [3.63, 3.8) is 0 Å². The first kappa shape index (κ1) is 13.8. The molecule has 0 amide bonds. The van der Waals surface area contributed by atoms with Gasteiger partial charge in [-0.1, -0.05) is 30.3 Å². The van der Waals surface area contributed by atoms with E-state index in [9.17, 15) is 0 Å². The summed E-state index contributed by atoms with van der Waals surface area (Å²) in [4.78, 5) is 9.74. The predicted molar refractivity (Wildman–Crippen MR) is 83.9 cm³/mol. The zero-order chi connectivity index (χ0) is 13.9. The third-order valence-electron chi connectivity index (χ3n) is 4.51. The Morgan fingerprint density at radius 3 is 2.80 bits per heavy atom. The molecule has 1 saturated heterocycles. The largest absolute Gasteiger partial charge is 0.308 e. The van der Waals surface area contributed by atoms with E-state index in [0.717, 1.165) is 25.4 Å². The Bertz CT molecular complexity index is 455. The molecule has 0 aliphatic carbocycles. The smallest absolute Gasteiger partial charge is 0.105 e. The van der Waals surface area contributed by atoms with Crippen molar-refractivity contribution >= 4 is 6.21 Å². The lowest BCUT2D eigenvalue weighted by atomic mass is 9.96. The van der Waals surface area contributed by atoms with E-state index in [1.807, 2.05) is 0 Å². The first-order valence-electron chi connectivity index (χ1n) is 7.70. The minimum atomic E-state index is 0.411. The topological polar surface area (TPSA) is 18.8 Å². The van der Waals surface area contributed by atoms with Gasteiger partial charge in [0.1, 0.15) is 6.17 Å². The second-order valence-electron chi connectivity index (χ2n) is 6.39. The van der Waals surface area contributed by atoms with Crippen LogP contribution in [-0.4, -0.2) is 48.9 Å². The number of rotatable bonds is 4. The molecule has 3 atom stereocenters. The molecule has 2 heterocycles. The molecule has 0 radical (unpaired) electrons. The highest BCUT2D eigenvalue weighted by Crippen LogP contribution is 2.36. The van der Waals surface area contributed by atoms with Crippen LogP contribution < -0.4 is 0 Å². The summed E-state index contributed by atoms with van der Waals surface area (Å²) in [5.41, 5.74) is 1.40. The van der Waals surface area contributed by atoms with Gasteiger partial charge in [0.15, 0.2) is 0 Å². The number of likely N-dealkylation sites (tertiary alicyclic amines) is 1. The second-order valence-corrected chi connectivity index (χ2v) is 6.39. The highest BCUT2D eigenvalue weighted by atomic mass is 15.3. The van der Waals surface area contributed by atoms with Gasteiger partial charge in [0.2, 0.25) is 0 Å². The van der Waals surface area contributed by atoms with Gasteiger partial charge in [-0.15, -0.1) is 0 Å². The minimum Gasteiger partial charge on any atom is -0.308 e. The van der Waals surface area contributed by atoms with Gasteiger partial charge in [0.25, 0.3) is 0 Å². The Hall–Kier alpha value is -1.19. The van der Waals surface area contributed by atoms with Crippen LogP contribution in [-0.2, 0) is 6.54 Å². The van der Waals surface area contributed by atoms with Crippen molar-refractivity contribution in [2.75, 3.05) is 20.6 Å². The maximum Gasteiger partial charge on any atom is 0.105 e. The molecule has 3 heteroatoms. The van der Waals surface area contributed by atoms with Crippen molar-refractivity contribution in [1.82, 2.24) is 9.80 Å². The van der Waals surface area contributed by atoms with Gasteiger partial charge in [-0.05, 0) is 44.8 Å². The summed E-state index contributed by atoms with van der Waals surface area (Å²) in [5.74, 6) is 0.758. The van der Waals surface area contributed by atoms with Crippen molar-refractivity contribution in [2.45, 2.75) is 38.0 Å². The minimum absolute atomic E-state index is 0.411. The number of hydrogen-bond donors (Lipinski definition) is 0. The first-order chi connectivity index (χ1) is 9.74. The molecule has 2 aliphatic rings. The van der Waals surface area contributed by atoms with E-state index in [-0.39, 0.29) is 0 Å². The van der Waals surface area contributed by atoms with Gasteiger partial charge in [-0.3, -0.25) is 9.89 Å². The maximum atomic E-state index is 4.81. The van der Waals surface area contributed by atoms with Crippen LogP contribution in [0.3, 0.4) is 0 Å². The summed E-state index contributed by atoms with van der Waals surface area (Å²) in [6.07, 6.45) is 6.32. The normalized spacial score (nSPS) is 29.9. The Morgan fingerprint density at radius 1 is 1.25 bits per heavy atom. The van der Waals surface area contributed by atoms with Crippen molar-refractivity contribution in [2.24, 2.45) is 10.9 Å². The van der Waals surface area contributed by atoms with Crippen LogP contribution in [0.25, 0.3) is 0 Å². The molecule has 2 aliphatic heterocycles. The SMILES string of the molecule is CN(C)CC1CC2CCC=NC2N1Cc1ccccc1. The van der Waals surface area contributed by atoms with E-state index in [0.29, 0.717) is 12.2 Å². The Balaban J connectivity index is 1.78. The predicted octanol–water partition coefficient (Wildman–Crippen LogP) is 2.63. The molecule has 0 bridgehead atoms. The van der Waals surface area contributed by atoms with Crippen molar-refractivity contribution in [3.8, 4) is 0 Å². The molecule has 20 heavy (non-hydrogen) atoms. The van der Waals surface area contributed by atoms with Crippen LogP contribution in [0, 0.1) is 5.92 Å². The lowest BCUT2D eigenvalue weighted by Crippen LogP contribution is -2.41. The maximum absolute atomic E-state index is 4.81. The fourth-order valence-corrected chi connectivity index (χ4v) is 3.66. The lowest BCUT2D eigenvalue weighted by Gasteiger charge is -2.31. The third-order valence-corrected chi connectivity index (χ3v) is 4.51. The van der Waals surface area contributed by atoms with E-state index >= 15 is 0 Å². The fourth-order valence-electron chi connectivity index (χ4n) is 3.66. The molecule has 1 aromatic carbocycles. The number of fused-ring (bicyclic) bond motifs is 1. The molecule has 0 aromatic heterocycles.